The van der Waals surface area contributed by atoms with E-state index >= 15 is 0 Å². The van der Waals surface area contributed by atoms with Crippen LogP contribution in [-0.2, 0) is 5.75 Å². The monoisotopic (exact) mass is 451 g/mol. The van der Waals surface area contributed by atoms with E-state index in [-0.39, 0.29) is 5.91 Å². The van der Waals surface area contributed by atoms with Gasteiger partial charge in [-0.2, -0.15) is 4.98 Å². The molecule has 3 rings (SSSR count). The maximum atomic E-state index is 12.6. The molecule has 3 aromatic rings. The molecule has 0 fully saturated rings. The van der Waals surface area contributed by atoms with Gasteiger partial charge in [0.2, 0.25) is 5.89 Å². The molecular formula is C17H14IN3O2S. The predicted molar refractivity (Wildman–Crippen MR) is 102 cm³/mol. The molecule has 0 unspecified atom stereocenters. The maximum Gasteiger partial charge on any atom is 0.256 e. The summed E-state index contributed by atoms with van der Waals surface area (Å²) in [7, 11) is 0. The molecule has 24 heavy (non-hydrogen) atoms. The van der Waals surface area contributed by atoms with Crippen molar-refractivity contribution in [1.29, 1.82) is 0 Å². The van der Waals surface area contributed by atoms with Gasteiger partial charge >= 0.3 is 0 Å². The van der Waals surface area contributed by atoms with Gasteiger partial charge in [-0.25, -0.2) is 0 Å². The molecule has 1 N–H and O–H groups in total. The molecule has 0 bridgehead atoms. The number of rotatable bonds is 5. The number of anilines is 1. The van der Waals surface area contributed by atoms with Crippen molar-refractivity contribution in [3.05, 3.63) is 69.4 Å². The van der Waals surface area contributed by atoms with Gasteiger partial charge < -0.3 is 9.84 Å². The topological polar surface area (TPSA) is 68.0 Å². The van der Waals surface area contributed by atoms with Crippen molar-refractivity contribution in [3.8, 4) is 0 Å². The molecule has 1 amide bonds. The maximum absolute atomic E-state index is 12.6. The van der Waals surface area contributed by atoms with Crippen LogP contribution in [0.3, 0.4) is 0 Å². The Kier molecular flexibility index (Phi) is 5.52. The quantitative estimate of drug-likeness (QED) is 0.456. The summed E-state index contributed by atoms with van der Waals surface area (Å²) in [5, 5.41) is 6.70. The minimum Gasteiger partial charge on any atom is -0.338 e. The summed E-state index contributed by atoms with van der Waals surface area (Å²) < 4.78 is 6.18. The van der Waals surface area contributed by atoms with Crippen LogP contribution < -0.4 is 5.32 Å². The van der Waals surface area contributed by atoms with Crippen LogP contribution in [0.5, 0.6) is 0 Å². The Morgan fingerprint density at radius 1 is 1.25 bits per heavy atom. The van der Waals surface area contributed by atoms with Crippen LogP contribution in [0.4, 0.5) is 5.69 Å². The van der Waals surface area contributed by atoms with Crippen LogP contribution in [0, 0.1) is 10.5 Å². The van der Waals surface area contributed by atoms with E-state index in [1.165, 1.54) is 11.8 Å². The molecule has 0 atom stereocenters. The normalized spacial score (nSPS) is 10.6. The molecule has 7 heteroatoms. The number of carbonyl (C=O) groups is 1. The summed E-state index contributed by atoms with van der Waals surface area (Å²) in [6, 6.07) is 15.2. The van der Waals surface area contributed by atoms with Crippen molar-refractivity contribution >= 4 is 45.9 Å². The number of halogens is 1. The number of carbonyl (C=O) groups excluding carboxylic acids is 1. The zero-order valence-corrected chi connectivity index (χ0v) is 15.8. The molecule has 0 spiro atoms. The molecule has 0 saturated heterocycles. The van der Waals surface area contributed by atoms with E-state index in [0.29, 0.717) is 23.0 Å². The molecule has 1 aromatic heterocycles. The van der Waals surface area contributed by atoms with E-state index in [2.05, 4.69) is 38.0 Å². The first-order chi connectivity index (χ1) is 11.6. The summed E-state index contributed by atoms with van der Waals surface area (Å²) >= 11 is 3.71. The lowest BCUT2D eigenvalue weighted by molar-refractivity contribution is 0.102. The molecule has 0 aliphatic heterocycles. The molecule has 5 nitrogen and oxygen atoms in total. The van der Waals surface area contributed by atoms with Gasteiger partial charge in [-0.3, -0.25) is 4.79 Å². The summed E-state index contributed by atoms with van der Waals surface area (Å²) in [5.41, 5.74) is 1.40. The number of amides is 1. The minimum absolute atomic E-state index is 0.137. The van der Waals surface area contributed by atoms with Gasteiger partial charge in [0.25, 0.3) is 5.91 Å². The zero-order chi connectivity index (χ0) is 16.9. The average molecular weight is 451 g/mol. The third-order valence-electron chi connectivity index (χ3n) is 3.13. The van der Waals surface area contributed by atoms with Gasteiger partial charge in [0.1, 0.15) is 0 Å². The number of aromatic nitrogens is 2. The molecule has 122 valence electrons. The highest BCUT2D eigenvalue weighted by molar-refractivity contribution is 14.1. The molecule has 0 aliphatic carbocycles. The fourth-order valence-corrected chi connectivity index (χ4v) is 3.51. The molecular weight excluding hydrogens is 437 g/mol. The fourth-order valence-electron chi connectivity index (χ4n) is 2.08. The van der Waals surface area contributed by atoms with E-state index in [1.807, 2.05) is 48.5 Å². The van der Waals surface area contributed by atoms with Gasteiger partial charge in [0.15, 0.2) is 5.82 Å². The second-order valence-electron chi connectivity index (χ2n) is 4.98. The number of nitrogens with zero attached hydrogens (tertiary/aromatic N) is 2. The lowest BCUT2D eigenvalue weighted by Crippen LogP contribution is -2.13. The average Bonchev–Trinajstić information content (AvgIpc) is 2.99. The second kappa shape index (κ2) is 7.80. The van der Waals surface area contributed by atoms with Crippen LogP contribution >= 0.6 is 34.4 Å². The number of nitrogens with one attached hydrogen (secondary N) is 1. The van der Waals surface area contributed by atoms with Gasteiger partial charge in [-0.15, -0.1) is 11.8 Å². The first-order valence-electron chi connectivity index (χ1n) is 7.20. The Labute approximate surface area is 157 Å². The summed E-state index contributed by atoms with van der Waals surface area (Å²) in [6.07, 6.45) is 0. The SMILES string of the molecule is Cc1noc(CSc2ccccc2C(=O)Nc2cccc(I)c2)n1. The third-order valence-corrected chi connectivity index (χ3v) is 4.86. The Balaban J connectivity index is 1.74. The lowest BCUT2D eigenvalue weighted by Gasteiger charge is -2.09. The van der Waals surface area contributed by atoms with Gasteiger partial charge in [0, 0.05) is 14.2 Å². The van der Waals surface area contributed by atoms with E-state index in [9.17, 15) is 4.79 Å². The Bertz CT molecular complexity index is 866. The van der Waals surface area contributed by atoms with Crippen LogP contribution in [0.1, 0.15) is 22.1 Å². The van der Waals surface area contributed by atoms with Crippen molar-refractivity contribution in [2.24, 2.45) is 0 Å². The van der Waals surface area contributed by atoms with E-state index in [0.717, 1.165) is 14.2 Å². The van der Waals surface area contributed by atoms with Crippen molar-refractivity contribution in [2.75, 3.05) is 5.32 Å². The third kappa shape index (κ3) is 4.35. The van der Waals surface area contributed by atoms with Crippen LogP contribution in [0.15, 0.2) is 57.9 Å². The Morgan fingerprint density at radius 3 is 2.83 bits per heavy atom. The van der Waals surface area contributed by atoms with Crippen molar-refractivity contribution < 1.29 is 9.32 Å². The molecule has 1 heterocycles. The highest BCUT2D eigenvalue weighted by Crippen LogP contribution is 2.26. The lowest BCUT2D eigenvalue weighted by atomic mass is 10.2. The first-order valence-corrected chi connectivity index (χ1v) is 9.26. The van der Waals surface area contributed by atoms with E-state index < -0.39 is 0 Å². The number of hydrogen-bond acceptors (Lipinski definition) is 5. The Morgan fingerprint density at radius 2 is 2.08 bits per heavy atom. The zero-order valence-electron chi connectivity index (χ0n) is 12.8. The molecule has 2 aromatic carbocycles. The number of aryl methyl sites for hydroxylation is 1. The molecule has 0 radical (unpaired) electrons. The number of thioether (sulfide) groups is 1. The molecule has 0 saturated carbocycles. The second-order valence-corrected chi connectivity index (χ2v) is 7.25. The smallest absolute Gasteiger partial charge is 0.256 e. The minimum atomic E-state index is -0.137. The predicted octanol–water partition coefficient (Wildman–Crippen LogP) is 4.53. The highest BCUT2D eigenvalue weighted by Gasteiger charge is 2.13. The number of benzene rings is 2. The summed E-state index contributed by atoms with van der Waals surface area (Å²) in [4.78, 5) is 17.6. The standard InChI is InChI=1S/C17H14IN3O2S/c1-11-19-16(23-21-11)10-24-15-8-3-2-7-14(15)17(22)20-13-6-4-5-12(18)9-13/h2-9H,10H2,1H3,(H,20,22). The van der Waals surface area contributed by atoms with Crippen molar-refractivity contribution in [1.82, 2.24) is 10.1 Å². The fraction of sp³-hybridized carbons (Fsp3) is 0.118. The van der Waals surface area contributed by atoms with Gasteiger partial charge in [-0.1, -0.05) is 23.4 Å². The van der Waals surface area contributed by atoms with Gasteiger partial charge in [0.05, 0.1) is 11.3 Å². The van der Waals surface area contributed by atoms with E-state index in [1.54, 1.807) is 6.92 Å². The highest BCUT2D eigenvalue weighted by atomic mass is 127. The van der Waals surface area contributed by atoms with Crippen LogP contribution in [-0.4, -0.2) is 16.0 Å². The largest absolute Gasteiger partial charge is 0.338 e. The van der Waals surface area contributed by atoms with Crippen molar-refractivity contribution in [2.45, 2.75) is 17.6 Å². The number of hydrogen-bond donors (Lipinski definition) is 1. The summed E-state index contributed by atoms with van der Waals surface area (Å²) in [5.74, 6) is 1.54. The summed E-state index contributed by atoms with van der Waals surface area (Å²) in [6.45, 7) is 1.78. The Hall–Kier alpha value is -1.87. The van der Waals surface area contributed by atoms with E-state index in [4.69, 9.17) is 4.52 Å². The van der Waals surface area contributed by atoms with Crippen LogP contribution in [0.2, 0.25) is 0 Å². The molecule has 0 aliphatic rings. The van der Waals surface area contributed by atoms with Crippen LogP contribution in [0.25, 0.3) is 0 Å². The first kappa shape index (κ1) is 17.0. The van der Waals surface area contributed by atoms with Gasteiger partial charge in [-0.05, 0) is 59.8 Å². The van der Waals surface area contributed by atoms with Crippen molar-refractivity contribution in [3.63, 3.8) is 0 Å².